The van der Waals surface area contributed by atoms with Crippen LogP contribution >= 0.6 is 0 Å². The zero-order valence-electron chi connectivity index (χ0n) is 13.9. The number of methoxy groups -OCH3 is 2. The Balaban J connectivity index is 1.92. The molecule has 1 amide bonds. The number of ether oxygens (including phenoxy) is 2. The molecule has 0 unspecified atom stereocenters. The third-order valence-electron chi connectivity index (χ3n) is 3.40. The minimum atomic E-state index is -0.467. The molecule has 2 aromatic rings. The number of carbonyl (C=O) groups excluding carboxylic acids is 1. The molecule has 0 aliphatic carbocycles. The lowest BCUT2D eigenvalue weighted by Gasteiger charge is -2.10. The number of nitrogens with one attached hydrogen (secondary N) is 2. The summed E-state index contributed by atoms with van der Waals surface area (Å²) in [6.45, 7) is 0.262. The number of hydrogen-bond acceptors (Lipinski definition) is 6. The summed E-state index contributed by atoms with van der Waals surface area (Å²) < 4.78 is 10.3. The van der Waals surface area contributed by atoms with Gasteiger partial charge in [-0.15, -0.1) is 0 Å². The van der Waals surface area contributed by atoms with Gasteiger partial charge in [0, 0.05) is 42.9 Å². The molecule has 0 bridgehead atoms. The normalized spacial score (nSPS) is 10.0. The second-order valence-corrected chi connectivity index (χ2v) is 5.10. The zero-order chi connectivity index (χ0) is 18.2. The molecule has 0 aliphatic heterocycles. The fourth-order valence-electron chi connectivity index (χ4n) is 2.20. The molecular weight excluding hydrogens is 326 g/mol. The van der Waals surface area contributed by atoms with Crippen molar-refractivity contribution in [3.63, 3.8) is 0 Å². The lowest BCUT2D eigenvalue weighted by molar-refractivity contribution is -0.384. The Morgan fingerprint density at radius 2 is 1.76 bits per heavy atom. The minimum Gasteiger partial charge on any atom is -0.497 e. The molecule has 0 radical (unpaired) electrons. The van der Waals surface area contributed by atoms with E-state index in [-0.39, 0.29) is 24.6 Å². The summed E-state index contributed by atoms with van der Waals surface area (Å²) in [5.41, 5.74) is 0.899. The molecule has 0 atom stereocenters. The van der Waals surface area contributed by atoms with Crippen molar-refractivity contribution in [2.24, 2.45) is 0 Å². The van der Waals surface area contributed by atoms with Crippen LogP contribution in [0, 0.1) is 10.1 Å². The van der Waals surface area contributed by atoms with Gasteiger partial charge in [-0.05, 0) is 6.07 Å². The van der Waals surface area contributed by atoms with Gasteiger partial charge in [-0.3, -0.25) is 14.9 Å². The molecular formula is C17H19N3O5. The number of para-hydroxylation sites is 2. The molecule has 2 aromatic carbocycles. The number of benzene rings is 2. The second kappa shape index (κ2) is 8.53. The SMILES string of the molecule is COc1cc(NC(=O)CCNc2ccccc2[N+](=O)[O-])cc(OC)c1. The summed E-state index contributed by atoms with van der Waals surface area (Å²) in [5.74, 6) is 0.891. The lowest BCUT2D eigenvalue weighted by atomic mass is 10.2. The van der Waals surface area contributed by atoms with Gasteiger partial charge in [0.25, 0.3) is 5.69 Å². The van der Waals surface area contributed by atoms with E-state index in [1.54, 1.807) is 36.4 Å². The van der Waals surface area contributed by atoms with Crippen molar-refractivity contribution in [1.82, 2.24) is 0 Å². The lowest BCUT2D eigenvalue weighted by Crippen LogP contribution is -2.16. The van der Waals surface area contributed by atoms with Crippen LogP contribution in [-0.4, -0.2) is 31.6 Å². The summed E-state index contributed by atoms with van der Waals surface area (Å²) >= 11 is 0. The Kier molecular flexibility index (Phi) is 6.16. The molecule has 0 aromatic heterocycles. The highest BCUT2D eigenvalue weighted by Gasteiger charge is 2.12. The van der Waals surface area contributed by atoms with Crippen LogP contribution in [0.3, 0.4) is 0 Å². The largest absolute Gasteiger partial charge is 0.497 e. The van der Waals surface area contributed by atoms with E-state index in [9.17, 15) is 14.9 Å². The van der Waals surface area contributed by atoms with Crippen molar-refractivity contribution in [1.29, 1.82) is 0 Å². The second-order valence-electron chi connectivity index (χ2n) is 5.10. The van der Waals surface area contributed by atoms with E-state index in [2.05, 4.69) is 10.6 Å². The summed E-state index contributed by atoms with van der Waals surface area (Å²) in [5, 5.41) is 16.6. The minimum absolute atomic E-state index is 0.0274. The van der Waals surface area contributed by atoms with Crippen LogP contribution in [0.25, 0.3) is 0 Å². The number of hydrogen-bond donors (Lipinski definition) is 2. The number of rotatable bonds is 8. The zero-order valence-corrected chi connectivity index (χ0v) is 13.9. The van der Waals surface area contributed by atoms with E-state index >= 15 is 0 Å². The van der Waals surface area contributed by atoms with Gasteiger partial charge in [0.05, 0.1) is 19.1 Å². The van der Waals surface area contributed by atoms with Gasteiger partial charge in [0.15, 0.2) is 0 Å². The number of anilines is 2. The molecule has 8 nitrogen and oxygen atoms in total. The standard InChI is InChI=1S/C17H19N3O5/c1-24-13-9-12(10-14(11-13)25-2)19-17(21)7-8-18-15-5-3-4-6-16(15)20(22)23/h3-6,9-11,18H,7-8H2,1-2H3,(H,19,21). The molecule has 2 N–H and O–H groups in total. The Bertz CT molecular complexity index is 741. The average molecular weight is 345 g/mol. The first kappa shape index (κ1) is 18.1. The van der Waals surface area contributed by atoms with Crippen molar-refractivity contribution in [3.8, 4) is 11.5 Å². The molecule has 0 spiro atoms. The van der Waals surface area contributed by atoms with Crippen LogP contribution in [0.1, 0.15) is 6.42 Å². The van der Waals surface area contributed by atoms with E-state index in [0.717, 1.165) is 0 Å². The predicted molar refractivity (Wildman–Crippen MR) is 94.4 cm³/mol. The van der Waals surface area contributed by atoms with E-state index in [1.807, 2.05) is 0 Å². The number of nitrogens with zero attached hydrogens (tertiary/aromatic N) is 1. The molecule has 0 saturated heterocycles. The molecule has 0 aliphatic rings. The molecule has 2 rings (SSSR count). The maximum atomic E-state index is 12.1. The van der Waals surface area contributed by atoms with Crippen molar-refractivity contribution >= 4 is 23.0 Å². The van der Waals surface area contributed by atoms with Crippen LogP contribution < -0.4 is 20.1 Å². The van der Waals surface area contributed by atoms with Crippen LogP contribution in [0.2, 0.25) is 0 Å². The average Bonchev–Trinajstić information content (AvgIpc) is 2.61. The molecule has 25 heavy (non-hydrogen) atoms. The molecule has 0 heterocycles. The van der Waals surface area contributed by atoms with Crippen LogP contribution in [0.15, 0.2) is 42.5 Å². The van der Waals surface area contributed by atoms with Gasteiger partial charge in [0.2, 0.25) is 5.91 Å². The first-order valence-corrected chi connectivity index (χ1v) is 7.53. The van der Waals surface area contributed by atoms with Crippen molar-refractivity contribution in [3.05, 3.63) is 52.6 Å². The highest BCUT2D eigenvalue weighted by molar-refractivity contribution is 5.91. The van der Waals surface area contributed by atoms with Crippen molar-refractivity contribution < 1.29 is 19.2 Å². The van der Waals surface area contributed by atoms with Gasteiger partial charge in [-0.25, -0.2) is 0 Å². The molecule has 8 heteroatoms. The Labute approximate surface area is 144 Å². The van der Waals surface area contributed by atoms with Crippen LogP contribution in [-0.2, 0) is 4.79 Å². The summed E-state index contributed by atoms with van der Waals surface area (Å²) in [6.07, 6.45) is 0.144. The van der Waals surface area contributed by atoms with Gasteiger partial charge in [-0.2, -0.15) is 0 Å². The smallest absolute Gasteiger partial charge is 0.292 e. The van der Waals surface area contributed by atoms with E-state index in [1.165, 1.54) is 20.3 Å². The Morgan fingerprint density at radius 1 is 1.12 bits per heavy atom. The molecule has 0 fully saturated rings. The highest BCUT2D eigenvalue weighted by atomic mass is 16.6. The van der Waals surface area contributed by atoms with E-state index in [4.69, 9.17) is 9.47 Å². The number of nitro benzene ring substituents is 1. The number of amides is 1. The summed E-state index contributed by atoms with van der Waals surface area (Å²) in [4.78, 5) is 22.5. The number of carbonyl (C=O) groups is 1. The quantitative estimate of drug-likeness (QED) is 0.563. The highest BCUT2D eigenvalue weighted by Crippen LogP contribution is 2.26. The maximum Gasteiger partial charge on any atom is 0.292 e. The van der Waals surface area contributed by atoms with Crippen molar-refractivity contribution in [2.75, 3.05) is 31.4 Å². The predicted octanol–water partition coefficient (Wildman–Crippen LogP) is 3.05. The van der Waals surface area contributed by atoms with Gasteiger partial charge in [0.1, 0.15) is 17.2 Å². The maximum absolute atomic E-state index is 12.1. The fourth-order valence-corrected chi connectivity index (χ4v) is 2.20. The van der Waals surface area contributed by atoms with Crippen LogP contribution in [0.4, 0.5) is 17.1 Å². The molecule has 0 saturated carbocycles. The summed E-state index contributed by atoms with van der Waals surface area (Å²) in [6, 6.07) is 11.3. The van der Waals surface area contributed by atoms with Gasteiger partial charge < -0.3 is 20.1 Å². The Hall–Kier alpha value is -3.29. The van der Waals surface area contributed by atoms with E-state index in [0.29, 0.717) is 22.9 Å². The first-order valence-electron chi connectivity index (χ1n) is 7.53. The first-order chi connectivity index (χ1) is 12.0. The monoisotopic (exact) mass is 345 g/mol. The van der Waals surface area contributed by atoms with E-state index < -0.39 is 4.92 Å². The van der Waals surface area contributed by atoms with Crippen molar-refractivity contribution in [2.45, 2.75) is 6.42 Å². The van der Waals surface area contributed by atoms with Gasteiger partial charge in [-0.1, -0.05) is 12.1 Å². The third-order valence-corrected chi connectivity index (χ3v) is 3.40. The third kappa shape index (κ3) is 5.10. The topological polar surface area (TPSA) is 103 Å². The Morgan fingerprint density at radius 3 is 2.36 bits per heavy atom. The fraction of sp³-hybridized carbons (Fsp3) is 0.235. The van der Waals surface area contributed by atoms with Gasteiger partial charge >= 0.3 is 0 Å². The summed E-state index contributed by atoms with van der Waals surface area (Å²) in [7, 11) is 3.05. The number of nitro groups is 1. The van der Waals surface area contributed by atoms with Crippen LogP contribution in [0.5, 0.6) is 11.5 Å². The molecule has 132 valence electrons.